The molecule has 0 atom stereocenters. The van der Waals surface area contributed by atoms with Gasteiger partial charge in [-0.05, 0) is 13.0 Å². The highest BCUT2D eigenvalue weighted by Crippen LogP contribution is 2.15. The predicted molar refractivity (Wildman–Crippen MR) is 66.2 cm³/mol. The van der Waals surface area contributed by atoms with Crippen molar-refractivity contribution in [1.82, 2.24) is 9.97 Å². The van der Waals surface area contributed by atoms with Crippen molar-refractivity contribution in [1.29, 1.82) is 0 Å². The zero-order valence-corrected chi connectivity index (χ0v) is 9.71. The van der Waals surface area contributed by atoms with E-state index in [1.807, 2.05) is 25.3 Å². The number of nitrogens with zero attached hydrogens (tertiary/aromatic N) is 2. The first-order valence-electron chi connectivity index (χ1n) is 4.86. The van der Waals surface area contributed by atoms with Crippen LogP contribution in [-0.2, 0) is 6.54 Å². The van der Waals surface area contributed by atoms with Gasteiger partial charge in [0.25, 0.3) is 0 Å². The number of nitrogens with one attached hydrogen (secondary N) is 2. The molecule has 0 aliphatic heterocycles. The third kappa shape index (κ3) is 2.68. The number of aryl methyl sites for hydroxylation is 1. The molecule has 0 saturated heterocycles. The maximum atomic E-state index is 5.28. The minimum absolute atomic E-state index is 0.639. The topological polar surface area (TPSA) is 75.9 Å². The largest absolute Gasteiger partial charge is 0.378 e. The second-order valence-corrected chi connectivity index (χ2v) is 4.61. The third-order valence-corrected chi connectivity index (χ3v) is 2.93. The Hall–Kier alpha value is -1.66. The summed E-state index contributed by atoms with van der Waals surface area (Å²) in [5, 5.41) is 4.33. The number of nitrogens with two attached hydrogens (primary N) is 1. The summed E-state index contributed by atoms with van der Waals surface area (Å²) >= 11 is 1.69. The summed E-state index contributed by atoms with van der Waals surface area (Å²) in [7, 11) is 0. The number of rotatable bonds is 4. The molecular formula is C10H13N5S. The second kappa shape index (κ2) is 4.91. The van der Waals surface area contributed by atoms with Gasteiger partial charge in [-0.25, -0.2) is 15.8 Å². The summed E-state index contributed by atoms with van der Waals surface area (Å²) < 4.78 is 0. The molecule has 0 unspecified atom stereocenters. The van der Waals surface area contributed by atoms with Crippen molar-refractivity contribution < 1.29 is 0 Å². The summed E-state index contributed by atoms with van der Waals surface area (Å²) in [6, 6.07) is 3.74. The number of hydrogen-bond donors (Lipinski definition) is 3. The molecule has 0 bridgehead atoms. The molecule has 0 aliphatic carbocycles. The Morgan fingerprint density at radius 1 is 1.44 bits per heavy atom. The Bertz CT molecular complexity index is 468. The number of aromatic nitrogens is 2. The van der Waals surface area contributed by atoms with Gasteiger partial charge >= 0.3 is 0 Å². The van der Waals surface area contributed by atoms with Gasteiger partial charge in [0, 0.05) is 29.0 Å². The van der Waals surface area contributed by atoms with Crippen LogP contribution in [0.15, 0.2) is 24.5 Å². The number of pyridine rings is 1. The zero-order valence-electron chi connectivity index (χ0n) is 8.90. The van der Waals surface area contributed by atoms with Crippen molar-refractivity contribution >= 4 is 22.8 Å². The van der Waals surface area contributed by atoms with Gasteiger partial charge in [-0.15, -0.1) is 11.3 Å². The molecule has 0 aliphatic rings. The first kappa shape index (κ1) is 10.8. The minimum atomic E-state index is 0.639. The van der Waals surface area contributed by atoms with Crippen LogP contribution in [0.1, 0.15) is 9.88 Å². The summed E-state index contributed by atoms with van der Waals surface area (Å²) in [5.74, 6) is 5.92. The lowest BCUT2D eigenvalue weighted by Crippen LogP contribution is -2.09. The van der Waals surface area contributed by atoms with E-state index in [-0.39, 0.29) is 0 Å². The Morgan fingerprint density at radius 3 is 3.00 bits per heavy atom. The lowest BCUT2D eigenvalue weighted by molar-refractivity contribution is 1.10. The van der Waals surface area contributed by atoms with E-state index in [0.717, 1.165) is 10.7 Å². The van der Waals surface area contributed by atoms with Crippen LogP contribution in [0.2, 0.25) is 0 Å². The molecule has 5 nitrogen and oxygen atoms in total. The number of hydrazine groups is 1. The van der Waals surface area contributed by atoms with Crippen molar-refractivity contribution in [3.8, 4) is 0 Å². The number of hydrogen-bond acceptors (Lipinski definition) is 6. The van der Waals surface area contributed by atoms with Crippen LogP contribution in [0.5, 0.6) is 0 Å². The predicted octanol–water partition coefficient (Wildman–Crippen LogP) is 1.74. The number of nitrogen functional groups attached to an aromatic ring is 1. The number of anilines is 2. The fourth-order valence-corrected chi connectivity index (χ4v) is 2.01. The van der Waals surface area contributed by atoms with Crippen LogP contribution in [-0.4, -0.2) is 9.97 Å². The van der Waals surface area contributed by atoms with Gasteiger partial charge in [-0.2, -0.15) is 0 Å². The summed E-state index contributed by atoms with van der Waals surface area (Å²) in [5.41, 5.74) is 3.47. The van der Waals surface area contributed by atoms with Gasteiger partial charge in [-0.3, -0.25) is 0 Å². The van der Waals surface area contributed by atoms with Gasteiger partial charge in [0.05, 0.1) is 6.54 Å². The van der Waals surface area contributed by atoms with Crippen LogP contribution in [0.4, 0.5) is 11.5 Å². The van der Waals surface area contributed by atoms with E-state index in [1.165, 1.54) is 4.88 Å². The fraction of sp³-hybridized carbons (Fsp3) is 0.200. The van der Waals surface area contributed by atoms with Crippen molar-refractivity contribution in [2.75, 3.05) is 10.7 Å². The van der Waals surface area contributed by atoms with Crippen LogP contribution in [0.3, 0.4) is 0 Å². The monoisotopic (exact) mass is 235 g/mol. The van der Waals surface area contributed by atoms with Crippen molar-refractivity contribution in [2.24, 2.45) is 5.84 Å². The highest BCUT2D eigenvalue weighted by Gasteiger charge is 1.99. The molecular weight excluding hydrogens is 222 g/mol. The van der Waals surface area contributed by atoms with Crippen LogP contribution in [0, 0.1) is 6.92 Å². The highest BCUT2D eigenvalue weighted by atomic mass is 32.1. The van der Waals surface area contributed by atoms with Gasteiger partial charge in [0.2, 0.25) is 0 Å². The Labute approximate surface area is 97.7 Å². The molecule has 0 aromatic carbocycles. The van der Waals surface area contributed by atoms with E-state index in [9.17, 15) is 0 Å². The highest BCUT2D eigenvalue weighted by molar-refractivity contribution is 7.11. The van der Waals surface area contributed by atoms with Gasteiger partial charge < -0.3 is 10.7 Å². The smallest absolute Gasteiger partial charge is 0.141 e. The summed E-state index contributed by atoms with van der Waals surface area (Å²) in [4.78, 5) is 9.52. The third-order valence-electron chi connectivity index (χ3n) is 2.02. The molecule has 0 fully saturated rings. The Morgan fingerprint density at radius 2 is 2.31 bits per heavy atom. The molecule has 0 amide bonds. The standard InChI is InChI=1S/C10H13N5S/c1-7-5-14-10(16-7)6-13-8-2-3-12-9(4-8)15-11/h2-5H,6,11H2,1H3,(H2,12,13,15). The van der Waals surface area contributed by atoms with E-state index in [2.05, 4.69) is 20.7 Å². The molecule has 2 aromatic rings. The molecule has 0 saturated carbocycles. The van der Waals surface area contributed by atoms with Crippen LogP contribution < -0.4 is 16.6 Å². The average Bonchev–Trinajstić information content (AvgIpc) is 2.73. The molecule has 84 valence electrons. The fourth-order valence-electron chi connectivity index (χ4n) is 1.28. The molecule has 16 heavy (non-hydrogen) atoms. The first-order chi connectivity index (χ1) is 7.78. The van der Waals surface area contributed by atoms with E-state index in [0.29, 0.717) is 12.4 Å². The zero-order chi connectivity index (χ0) is 11.4. The SMILES string of the molecule is Cc1cnc(CNc2ccnc(NN)c2)s1. The molecule has 2 rings (SSSR count). The van der Waals surface area contributed by atoms with Gasteiger partial charge in [0.15, 0.2) is 0 Å². The quantitative estimate of drug-likeness (QED) is 0.556. The summed E-state index contributed by atoms with van der Waals surface area (Å²) in [6.45, 7) is 2.76. The minimum Gasteiger partial charge on any atom is -0.378 e. The van der Waals surface area contributed by atoms with Crippen molar-refractivity contribution in [2.45, 2.75) is 13.5 Å². The first-order valence-corrected chi connectivity index (χ1v) is 5.67. The molecule has 2 aromatic heterocycles. The normalized spacial score (nSPS) is 10.1. The lowest BCUT2D eigenvalue weighted by atomic mass is 10.4. The average molecular weight is 235 g/mol. The van der Waals surface area contributed by atoms with Crippen molar-refractivity contribution in [3.05, 3.63) is 34.4 Å². The molecule has 0 radical (unpaired) electrons. The van der Waals surface area contributed by atoms with E-state index in [4.69, 9.17) is 5.84 Å². The molecule has 4 N–H and O–H groups in total. The van der Waals surface area contributed by atoms with Crippen LogP contribution >= 0.6 is 11.3 Å². The Balaban J connectivity index is 1.99. The lowest BCUT2D eigenvalue weighted by Gasteiger charge is -2.05. The van der Waals surface area contributed by atoms with E-state index >= 15 is 0 Å². The second-order valence-electron chi connectivity index (χ2n) is 3.29. The maximum Gasteiger partial charge on any atom is 0.141 e. The van der Waals surface area contributed by atoms with Gasteiger partial charge in [0.1, 0.15) is 10.8 Å². The molecule has 2 heterocycles. The van der Waals surface area contributed by atoms with Crippen molar-refractivity contribution in [3.63, 3.8) is 0 Å². The summed E-state index contributed by atoms with van der Waals surface area (Å²) in [6.07, 6.45) is 3.58. The maximum absolute atomic E-state index is 5.28. The number of thiazole rings is 1. The Kier molecular flexibility index (Phi) is 3.33. The van der Waals surface area contributed by atoms with Gasteiger partial charge in [-0.1, -0.05) is 0 Å². The van der Waals surface area contributed by atoms with E-state index in [1.54, 1.807) is 17.5 Å². The van der Waals surface area contributed by atoms with Crippen LogP contribution in [0.25, 0.3) is 0 Å². The molecule has 6 heteroatoms. The van der Waals surface area contributed by atoms with E-state index < -0.39 is 0 Å². The molecule has 0 spiro atoms.